The van der Waals surface area contributed by atoms with Gasteiger partial charge in [-0.25, -0.2) is 0 Å². The number of hydrogen-bond donors (Lipinski definition) is 0. The summed E-state index contributed by atoms with van der Waals surface area (Å²) in [7, 11) is -3.08. The van der Waals surface area contributed by atoms with Crippen molar-refractivity contribution < 1.29 is 69.1 Å². The molecule has 85 heavy (non-hydrogen) atoms. The van der Waals surface area contributed by atoms with Crippen LogP contribution in [0.25, 0.3) is 22.3 Å². The molecule has 0 saturated carbocycles. The van der Waals surface area contributed by atoms with Crippen molar-refractivity contribution in [3.05, 3.63) is 285 Å². The van der Waals surface area contributed by atoms with Crippen LogP contribution in [0.3, 0.4) is 0 Å². The van der Waals surface area contributed by atoms with Crippen LogP contribution in [0.15, 0.2) is 241 Å². The second kappa shape index (κ2) is 23.4. The van der Waals surface area contributed by atoms with Gasteiger partial charge < -0.3 is 22.6 Å². The van der Waals surface area contributed by atoms with Crippen molar-refractivity contribution in [2.45, 2.75) is 131 Å². The fourth-order valence-electron chi connectivity index (χ4n) is 13.9. The largest absolute Gasteiger partial charge is 1.00 e. The molecule has 8 aromatic rings. The average molecular weight is 1330 g/mol. The van der Waals surface area contributed by atoms with E-state index in [9.17, 15) is 10.2 Å². The molecular weight excluding hydrogens is 1240 g/mol. The van der Waals surface area contributed by atoms with E-state index >= 15 is 0 Å². The first-order chi connectivity index (χ1) is 39.8. The Morgan fingerprint density at radius 2 is 0.694 bits per heavy atom. The van der Waals surface area contributed by atoms with Gasteiger partial charge in [-0.1, -0.05) is 131 Å². The van der Waals surface area contributed by atoms with E-state index in [0.29, 0.717) is 9.12 Å². The zero-order valence-electron chi connectivity index (χ0n) is 52.3. The van der Waals surface area contributed by atoms with Crippen LogP contribution in [0.1, 0.15) is 135 Å². The quantitative estimate of drug-likeness (QED) is 0.156. The van der Waals surface area contributed by atoms with Gasteiger partial charge in [0.2, 0.25) is 0 Å². The molecule has 0 aromatic heterocycles. The van der Waals surface area contributed by atoms with E-state index in [0.717, 1.165) is 14.8 Å². The summed E-state index contributed by atoms with van der Waals surface area (Å²) in [6, 6.07) is 70.9. The SMILES string of the molecule is C1=C[C]2([Zr][CH]3c4ccccc4-c4ccccc43)C(=C1)[Si]2(c1ccccc1)c1ccccc1.CC(C)(C)c1ccc([O-])c(C(C)(C)C)c1.CC(C)(C)c1ccc([O-])c(C(C)(C)C)c1.C[Si]1(C)C2=CC=C[C]21[Zr][CH]1c2ccccc2-c2ccccc21.[Cl-]. The van der Waals surface area contributed by atoms with Crippen molar-refractivity contribution in [3.8, 4) is 33.8 Å². The van der Waals surface area contributed by atoms with Gasteiger partial charge in [-0.3, -0.25) is 0 Å². The van der Waals surface area contributed by atoms with Crippen molar-refractivity contribution in [1.82, 2.24) is 0 Å². The third kappa shape index (κ3) is 11.3. The molecule has 2 aliphatic heterocycles. The molecule has 0 N–H and O–H groups in total. The molecule has 2 unspecified atom stereocenters. The van der Waals surface area contributed by atoms with Crippen LogP contribution in [0, 0.1) is 0 Å². The number of allylic oxidation sites excluding steroid dienone is 8. The summed E-state index contributed by atoms with van der Waals surface area (Å²) in [5.74, 6) is 0.297. The maximum absolute atomic E-state index is 11.7. The Morgan fingerprint density at radius 3 is 1.02 bits per heavy atom. The first kappa shape index (κ1) is 62.8. The van der Waals surface area contributed by atoms with E-state index in [4.69, 9.17) is 0 Å². The summed E-state index contributed by atoms with van der Waals surface area (Å²) in [6.45, 7) is 30.6. The minimum atomic E-state index is -1.96. The number of fused-ring (bicyclic) bond motifs is 8. The molecule has 2 fully saturated rings. The van der Waals surface area contributed by atoms with Crippen molar-refractivity contribution in [2.75, 3.05) is 0 Å². The maximum atomic E-state index is 11.7. The number of halogens is 1. The van der Waals surface area contributed by atoms with E-state index in [2.05, 4.69) is 302 Å². The maximum Gasteiger partial charge on any atom is -1.00 e. The third-order valence-corrected chi connectivity index (χ3v) is 47.1. The van der Waals surface area contributed by atoms with Crippen molar-refractivity contribution >= 4 is 26.5 Å². The molecule has 14 rings (SSSR count). The molecule has 0 radical (unpaired) electrons. The van der Waals surface area contributed by atoms with Gasteiger partial charge in [0.15, 0.2) is 0 Å². The molecular formula is C78H82ClO2Si2Zr2-3. The number of hydrogen-bond acceptors (Lipinski definition) is 2. The molecule has 2 saturated heterocycles. The van der Waals surface area contributed by atoms with Crippen molar-refractivity contribution in [2.24, 2.45) is 0 Å². The standard InChI is InChI=1S/C17H13Si.2C14H22O.2C13H9.C7H9Si.ClH.2Zr/c1-3-8-14(9-4-1)18(15-10-5-2-6-11-15)16-12-7-13-17(16)18;2*1-13(2,3)10-7-8-12(15)11(9-10)14(4,5)6;2*1-3-7-12-10(5-1)9-11-6-2-4-8-13(11)12;1-8(2)6-4-3-5-7(6)8;;;/h1-13H;2*7-9,15H,1-6H3;2*1-9H;3-5H,1-2H3;1H;;/p-3. The Kier molecular flexibility index (Phi) is 17.3. The van der Waals surface area contributed by atoms with E-state index < -0.39 is 62.6 Å². The Bertz CT molecular complexity index is 3720. The topological polar surface area (TPSA) is 46.1 Å². The van der Waals surface area contributed by atoms with E-state index in [1.165, 1.54) is 33.4 Å². The predicted octanol–water partition coefficient (Wildman–Crippen LogP) is 14.9. The molecule has 0 bridgehead atoms. The second-order valence-electron chi connectivity index (χ2n) is 28.5. The molecule has 6 aliphatic rings. The van der Waals surface area contributed by atoms with Gasteiger partial charge in [0, 0.05) is 0 Å². The Labute approximate surface area is 540 Å². The average Bonchev–Trinajstić information content (AvgIpc) is 1.48. The summed E-state index contributed by atoms with van der Waals surface area (Å²) >= 11 is -1.56. The van der Waals surface area contributed by atoms with Gasteiger partial charge in [0.05, 0.1) is 0 Å². The second-order valence-corrected chi connectivity index (χ2v) is 47.7. The van der Waals surface area contributed by atoms with Gasteiger partial charge in [-0.2, -0.15) is 0 Å². The fourth-order valence-corrected chi connectivity index (χ4v) is 45.4. The Balaban J connectivity index is 0.000000133. The van der Waals surface area contributed by atoms with E-state index in [-0.39, 0.29) is 45.6 Å². The molecule has 0 spiro atoms. The molecule has 2 atom stereocenters. The molecule has 2 heterocycles. The molecule has 432 valence electrons. The van der Waals surface area contributed by atoms with Gasteiger partial charge in [-0.15, -0.1) is 11.5 Å². The van der Waals surface area contributed by atoms with Gasteiger partial charge in [0.1, 0.15) is 0 Å². The number of benzene rings is 8. The van der Waals surface area contributed by atoms with Crippen LogP contribution in [0.5, 0.6) is 11.5 Å². The number of rotatable bonds is 6. The zero-order chi connectivity index (χ0) is 59.8. The summed E-state index contributed by atoms with van der Waals surface area (Å²) in [5, 5.41) is 30.3. The minimum absolute atomic E-state index is 0. The molecule has 0 amide bonds. The first-order valence-corrected chi connectivity index (χ1v) is 40.5. The summed E-state index contributed by atoms with van der Waals surface area (Å²) < 4.78 is 2.27. The minimum Gasteiger partial charge on any atom is -1.00 e. The molecule has 4 aliphatic carbocycles. The zero-order valence-corrected chi connectivity index (χ0v) is 60.0. The first-order valence-electron chi connectivity index (χ1n) is 30.2. The third-order valence-electron chi connectivity index (χ3n) is 18.7. The van der Waals surface area contributed by atoms with Crippen molar-refractivity contribution in [3.63, 3.8) is 0 Å². The summed E-state index contributed by atoms with van der Waals surface area (Å²) in [5.41, 5.74) is 16.6. The van der Waals surface area contributed by atoms with Crippen LogP contribution in [0.4, 0.5) is 0 Å². The van der Waals surface area contributed by atoms with Crippen LogP contribution >= 0.6 is 0 Å². The summed E-state index contributed by atoms with van der Waals surface area (Å²) in [6.07, 6.45) is 14.8. The van der Waals surface area contributed by atoms with Gasteiger partial charge >= 0.3 is 348 Å². The Hall–Kier alpha value is -5.19. The van der Waals surface area contributed by atoms with Crippen molar-refractivity contribution in [1.29, 1.82) is 0 Å². The fraction of sp³-hybridized carbons (Fsp3) is 0.282. The van der Waals surface area contributed by atoms with Crippen LogP contribution in [-0.2, 0) is 68.1 Å². The summed E-state index contributed by atoms with van der Waals surface area (Å²) in [4.78, 5) is 0. The monoisotopic (exact) mass is 1320 g/mol. The van der Waals surface area contributed by atoms with Crippen LogP contribution in [0.2, 0.25) is 18.6 Å². The predicted molar refractivity (Wildman–Crippen MR) is 349 cm³/mol. The van der Waals surface area contributed by atoms with E-state index in [1.54, 1.807) is 50.0 Å². The molecule has 8 aromatic carbocycles. The smallest absolute Gasteiger partial charge is 1.00 e. The normalized spacial score (nSPS) is 19.4. The molecule has 2 nitrogen and oxygen atoms in total. The molecule has 7 heteroatoms. The van der Waals surface area contributed by atoms with Gasteiger partial charge in [-0.05, 0) is 32.8 Å². The van der Waals surface area contributed by atoms with Crippen LogP contribution in [-0.4, -0.2) is 16.1 Å². The Morgan fingerprint density at radius 1 is 0.376 bits per heavy atom. The van der Waals surface area contributed by atoms with E-state index in [1.807, 2.05) is 17.3 Å². The van der Waals surface area contributed by atoms with Crippen LogP contribution < -0.4 is 33.0 Å². The van der Waals surface area contributed by atoms with Gasteiger partial charge in [0.25, 0.3) is 0 Å².